The minimum atomic E-state index is -0.509. The van der Waals surface area contributed by atoms with Crippen LogP contribution in [0.3, 0.4) is 0 Å². The first-order chi connectivity index (χ1) is 48.8. The highest BCUT2D eigenvalue weighted by molar-refractivity contribution is 6.66. The molecular weight excluding hydrogens is 1290 g/mol. The van der Waals surface area contributed by atoms with Crippen molar-refractivity contribution >= 4 is 40.7 Å². The van der Waals surface area contributed by atoms with Crippen molar-refractivity contribution in [3.8, 4) is 0 Å². The summed E-state index contributed by atoms with van der Waals surface area (Å²) in [7, 11) is 15.1. The van der Waals surface area contributed by atoms with E-state index in [1.54, 1.807) is 84.6 Å². The molecular formula is C86H172ClNO13. The lowest BCUT2D eigenvalue weighted by Gasteiger charge is -2.07. The van der Waals surface area contributed by atoms with E-state index in [0.29, 0.717) is 26.4 Å². The van der Waals surface area contributed by atoms with Gasteiger partial charge in [0.05, 0.1) is 26.4 Å². The number of carbonyl (C=O) groups excluding carboxylic acids is 5. The minimum Gasteiger partial charge on any atom is -0.463 e. The van der Waals surface area contributed by atoms with Gasteiger partial charge in [-0.25, -0.2) is 19.2 Å². The number of esters is 4. The molecule has 0 heterocycles. The smallest absolute Gasteiger partial charge is 0.330 e. The molecule has 0 saturated heterocycles. The van der Waals surface area contributed by atoms with Crippen molar-refractivity contribution in [2.75, 3.05) is 103 Å². The van der Waals surface area contributed by atoms with Gasteiger partial charge in [0.25, 0.3) is 0 Å². The van der Waals surface area contributed by atoms with Crippen LogP contribution >= 0.6 is 11.6 Å². The van der Waals surface area contributed by atoms with Gasteiger partial charge in [-0.2, -0.15) is 0 Å². The Kier molecular flexibility index (Phi) is 364. The Morgan fingerprint density at radius 3 is 0.446 bits per heavy atom. The van der Waals surface area contributed by atoms with Crippen LogP contribution in [0.1, 0.15) is 219 Å². The third-order valence-corrected chi connectivity index (χ3v) is 6.42. The molecule has 14 nitrogen and oxygen atoms in total. The van der Waals surface area contributed by atoms with Crippen LogP contribution in [0.4, 0.5) is 0 Å². The summed E-state index contributed by atoms with van der Waals surface area (Å²) in [5.41, 5.74) is 2.64. The number of ether oxygens (including phenoxy) is 8. The number of benzene rings is 4. The first-order valence-electron chi connectivity index (χ1n) is 36.1. The standard InChI is InChI=1S/2C7H8.2C6H6.C5H13N.4C5H8O2.C3H3ClO.4C2H6O.12C2H6/c2*1-7-5-3-2-4-6-7;2*1-2-4-6-5-3-1;1-4-6(3)5-2;4*1-3-5(6)7-4-2;1-2-3(4)5;4*1-3-2;12*1-2/h2*2-6H,1H3;2*1-6H;4-5H2,1-3H3;4*3H,1,4H2,2H3;2H,1H2;4*1-2H3;12*1-2H3. The second kappa shape index (κ2) is 234. The molecule has 0 aliphatic rings. The number of rotatable bonds is 11. The Labute approximate surface area is 637 Å². The van der Waals surface area contributed by atoms with E-state index < -0.39 is 5.24 Å². The normalized spacial score (nSPS) is 6.60. The zero-order valence-electron chi connectivity index (χ0n) is 74.0. The molecule has 0 amide bonds. The Balaban J connectivity index is -0.0000000327. The quantitative estimate of drug-likeness (QED) is 0.0603. The Morgan fingerprint density at radius 1 is 0.297 bits per heavy atom. The zero-order chi connectivity index (χ0) is 85.6. The van der Waals surface area contributed by atoms with Crippen LogP contribution in [0, 0.1) is 13.8 Å². The molecule has 0 aliphatic heterocycles. The fraction of sp³-hybridized carbons (Fsp3) is 0.547. The maximum Gasteiger partial charge on any atom is 0.330 e. The zero-order valence-corrected chi connectivity index (χ0v) is 74.8. The van der Waals surface area contributed by atoms with Crippen LogP contribution in [0.2, 0.25) is 0 Å². The number of nitrogens with zero attached hydrogens (tertiary/aromatic N) is 1. The number of aryl methyl sites for hydroxylation is 2. The SMILES string of the molecule is C=CC(=O)Cl.C=CC(=O)OCC.C=CC(=O)OCC.C=CC(=O)OCC.C=CC(=O)OCC.CC.CC.CC.CC.CC.CC.CC.CC.CC.CC.CC.CC.CCN(C)CC.COC.COC.COC.COC.Cc1ccccc1.Cc1ccccc1.c1ccccc1.c1ccccc1. The van der Waals surface area contributed by atoms with Crippen molar-refractivity contribution in [2.24, 2.45) is 0 Å². The Morgan fingerprint density at radius 2 is 0.406 bits per heavy atom. The average Bonchev–Trinajstić information content (AvgIpc) is 3.28. The summed E-state index contributed by atoms with van der Waals surface area (Å²) in [4.78, 5) is 52.0. The molecule has 0 spiro atoms. The van der Waals surface area contributed by atoms with E-state index >= 15 is 0 Å². The largest absolute Gasteiger partial charge is 0.463 e. The van der Waals surface area contributed by atoms with E-state index in [1.807, 2.05) is 275 Å². The average molecular weight is 1460 g/mol. The maximum atomic E-state index is 10.1. The van der Waals surface area contributed by atoms with Gasteiger partial charge < -0.3 is 42.8 Å². The van der Waals surface area contributed by atoms with Crippen molar-refractivity contribution in [3.05, 3.63) is 208 Å². The van der Waals surface area contributed by atoms with Crippen LogP contribution in [-0.4, -0.2) is 137 Å². The monoisotopic (exact) mass is 1460 g/mol. The molecule has 0 aromatic heterocycles. The van der Waals surface area contributed by atoms with E-state index in [4.69, 9.17) is 11.6 Å². The van der Waals surface area contributed by atoms with Gasteiger partial charge in [0.1, 0.15) is 0 Å². The predicted molar refractivity (Wildman–Crippen MR) is 460 cm³/mol. The first kappa shape index (κ1) is 157. The molecule has 0 N–H and O–H groups in total. The van der Waals surface area contributed by atoms with Gasteiger partial charge in [-0.15, -0.1) is 0 Å². The van der Waals surface area contributed by atoms with Gasteiger partial charge in [-0.3, -0.25) is 4.79 Å². The predicted octanol–water partition coefficient (Wildman–Crippen LogP) is 25.6. The highest BCUT2D eigenvalue weighted by Crippen LogP contribution is 1.93. The minimum absolute atomic E-state index is 0.359. The van der Waals surface area contributed by atoms with Crippen molar-refractivity contribution in [1.29, 1.82) is 0 Å². The topological polar surface area (TPSA) is 162 Å². The van der Waals surface area contributed by atoms with Crippen LogP contribution in [0.25, 0.3) is 0 Å². The van der Waals surface area contributed by atoms with Gasteiger partial charge in [0.2, 0.25) is 5.24 Å². The second-order valence-corrected chi connectivity index (χ2v) is 13.4. The molecule has 0 radical (unpaired) electrons. The van der Waals surface area contributed by atoms with E-state index in [2.05, 4.69) is 135 Å². The molecule has 4 aromatic rings. The first-order valence-corrected chi connectivity index (χ1v) is 36.5. The summed E-state index contributed by atoms with van der Waals surface area (Å²) in [6.45, 7) is 83.4. The van der Waals surface area contributed by atoms with Gasteiger partial charge in [0, 0.05) is 81.2 Å². The summed E-state index contributed by atoms with van der Waals surface area (Å²) >= 11 is 4.71. The van der Waals surface area contributed by atoms with Crippen molar-refractivity contribution in [1.82, 2.24) is 4.90 Å². The van der Waals surface area contributed by atoms with Gasteiger partial charge >= 0.3 is 23.9 Å². The molecule has 101 heavy (non-hydrogen) atoms. The summed E-state index contributed by atoms with van der Waals surface area (Å²) in [5.74, 6) is -1.44. The fourth-order valence-electron chi connectivity index (χ4n) is 2.87. The van der Waals surface area contributed by atoms with E-state index in [0.717, 1.165) is 43.5 Å². The summed E-state index contributed by atoms with van der Waals surface area (Å²) in [6, 6.07) is 44.5. The molecule has 4 aromatic carbocycles. The lowest BCUT2D eigenvalue weighted by atomic mass is 10.2. The van der Waals surface area contributed by atoms with Crippen LogP contribution in [-0.2, 0) is 61.9 Å². The van der Waals surface area contributed by atoms with Crippen molar-refractivity contribution < 1.29 is 61.9 Å². The third-order valence-electron chi connectivity index (χ3n) is 6.27. The highest BCUT2D eigenvalue weighted by Gasteiger charge is 1.89. The summed E-state index contributed by atoms with van der Waals surface area (Å²) in [6.07, 6.45) is 5.61. The molecule has 606 valence electrons. The molecule has 0 atom stereocenters. The van der Waals surface area contributed by atoms with Gasteiger partial charge in [-0.1, -0.05) is 357 Å². The molecule has 0 fully saturated rings. The second-order valence-electron chi connectivity index (χ2n) is 13.1. The van der Waals surface area contributed by atoms with Crippen LogP contribution in [0.5, 0.6) is 0 Å². The van der Waals surface area contributed by atoms with E-state index in [9.17, 15) is 24.0 Å². The molecule has 0 unspecified atom stereocenters. The summed E-state index contributed by atoms with van der Waals surface area (Å²) in [5, 5.41) is -0.509. The lowest BCUT2D eigenvalue weighted by molar-refractivity contribution is -0.138. The molecule has 0 aliphatic carbocycles. The fourth-order valence-corrected chi connectivity index (χ4v) is 2.87. The lowest BCUT2D eigenvalue weighted by Crippen LogP contribution is -2.15. The maximum absolute atomic E-state index is 10.1. The summed E-state index contributed by atoms with van der Waals surface area (Å²) < 4.78 is 34.7. The molecule has 4 rings (SSSR count). The number of carbonyl (C=O) groups is 5. The van der Waals surface area contributed by atoms with Crippen LogP contribution in [0.15, 0.2) is 197 Å². The Hall–Kier alpha value is -6.78. The number of hydrogen-bond donors (Lipinski definition) is 0. The number of halogens is 1. The number of allylic oxidation sites excluding steroid dienone is 1. The van der Waals surface area contributed by atoms with E-state index in [-0.39, 0.29) is 23.9 Å². The molecule has 15 heteroatoms. The van der Waals surface area contributed by atoms with Crippen LogP contribution < -0.4 is 0 Å². The highest BCUT2D eigenvalue weighted by atomic mass is 35.5. The van der Waals surface area contributed by atoms with E-state index in [1.165, 1.54) is 11.1 Å². The molecule has 0 bridgehead atoms. The van der Waals surface area contributed by atoms with Gasteiger partial charge in [-0.05, 0) is 79.4 Å². The van der Waals surface area contributed by atoms with Crippen molar-refractivity contribution in [3.63, 3.8) is 0 Å². The Bertz CT molecular complexity index is 1550. The molecule has 0 saturated carbocycles. The number of hydrogen-bond acceptors (Lipinski definition) is 14. The number of methoxy groups -OCH3 is 4. The third kappa shape index (κ3) is 348. The van der Waals surface area contributed by atoms with Gasteiger partial charge in [0.15, 0.2) is 0 Å². The van der Waals surface area contributed by atoms with Crippen molar-refractivity contribution in [2.45, 2.75) is 222 Å².